The third-order valence-corrected chi connectivity index (χ3v) is 7.32. The summed E-state index contributed by atoms with van der Waals surface area (Å²) in [4.78, 5) is 37.6. The molecule has 3 aromatic rings. The number of nitrogens with one attached hydrogen (secondary N) is 1. The van der Waals surface area contributed by atoms with Gasteiger partial charge in [0.15, 0.2) is 5.13 Å². The topological polar surface area (TPSA) is 80.1 Å². The van der Waals surface area contributed by atoms with E-state index in [4.69, 9.17) is 0 Å². The Balaban J connectivity index is 1.48. The first-order chi connectivity index (χ1) is 13.8. The van der Waals surface area contributed by atoms with Crippen molar-refractivity contribution in [2.75, 3.05) is 18.4 Å². The first-order valence-electron chi connectivity index (χ1n) is 9.74. The van der Waals surface area contributed by atoms with E-state index in [0.717, 1.165) is 25.3 Å². The summed E-state index contributed by atoms with van der Waals surface area (Å²) in [7, 11) is 1.66. The molecule has 7 nitrogen and oxygen atoms in total. The minimum atomic E-state index is -0.242. The molecule has 9 heteroatoms. The van der Waals surface area contributed by atoms with Crippen LogP contribution < -0.4 is 10.9 Å². The zero-order valence-electron chi connectivity index (χ0n) is 17.1. The number of anilines is 1. The number of amides is 1. The molecule has 0 aromatic carbocycles. The standard InChI is InChI=1S/C20H25N5O2S2/c1-11-5-12(2)7-25(6-11)8-14-9-28-20(22-14)23-17(26)16-13(3)15-18(29-16)21-10-24(4)19(15)27/h9-12H,5-8H2,1-4H3,(H,22,23,26)/t11-,12+. The second kappa shape index (κ2) is 7.97. The summed E-state index contributed by atoms with van der Waals surface area (Å²) in [5.41, 5.74) is 1.52. The number of aryl methyl sites for hydroxylation is 2. The number of nitrogens with zero attached hydrogens (tertiary/aromatic N) is 4. The lowest BCUT2D eigenvalue weighted by molar-refractivity contribution is 0.103. The normalized spacial score (nSPS) is 20.3. The van der Waals surface area contributed by atoms with Crippen LogP contribution in [-0.4, -0.2) is 38.4 Å². The van der Waals surface area contributed by atoms with Gasteiger partial charge in [-0.25, -0.2) is 9.97 Å². The van der Waals surface area contributed by atoms with E-state index in [2.05, 4.69) is 34.0 Å². The number of fused-ring (bicyclic) bond motifs is 1. The number of carbonyl (C=O) groups is 1. The van der Waals surface area contributed by atoms with Gasteiger partial charge in [-0.3, -0.25) is 19.8 Å². The molecule has 0 bridgehead atoms. The number of aromatic nitrogens is 3. The van der Waals surface area contributed by atoms with Crippen molar-refractivity contribution < 1.29 is 4.79 Å². The van der Waals surface area contributed by atoms with Crippen LogP contribution >= 0.6 is 22.7 Å². The van der Waals surface area contributed by atoms with E-state index < -0.39 is 0 Å². The zero-order valence-corrected chi connectivity index (χ0v) is 18.7. The zero-order chi connectivity index (χ0) is 20.7. The van der Waals surface area contributed by atoms with E-state index >= 15 is 0 Å². The average molecular weight is 432 g/mol. The molecule has 0 unspecified atom stereocenters. The lowest BCUT2D eigenvalue weighted by Gasteiger charge is -2.34. The molecular formula is C20H25N5O2S2. The van der Waals surface area contributed by atoms with Crippen LogP contribution in [0, 0.1) is 18.8 Å². The number of carbonyl (C=O) groups excluding carboxylic acids is 1. The van der Waals surface area contributed by atoms with Gasteiger partial charge < -0.3 is 4.57 Å². The van der Waals surface area contributed by atoms with Gasteiger partial charge in [0.1, 0.15) is 4.83 Å². The van der Waals surface area contributed by atoms with Crippen molar-refractivity contribution >= 4 is 43.9 Å². The van der Waals surface area contributed by atoms with Crippen molar-refractivity contribution in [1.82, 2.24) is 19.4 Å². The minimum Gasteiger partial charge on any atom is -0.302 e. The predicted octanol–water partition coefficient (Wildman–Crippen LogP) is 3.49. The van der Waals surface area contributed by atoms with Gasteiger partial charge in [0, 0.05) is 32.1 Å². The van der Waals surface area contributed by atoms with E-state index in [9.17, 15) is 9.59 Å². The Morgan fingerprint density at radius 3 is 2.76 bits per heavy atom. The van der Waals surface area contributed by atoms with Gasteiger partial charge in [0.25, 0.3) is 11.5 Å². The summed E-state index contributed by atoms with van der Waals surface area (Å²) >= 11 is 2.68. The van der Waals surface area contributed by atoms with Gasteiger partial charge >= 0.3 is 0 Å². The number of hydrogen-bond donors (Lipinski definition) is 1. The van der Waals surface area contributed by atoms with E-state index in [-0.39, 0.29) is 11.5 Å². The van der Waals surface area contributed by atoms with Crippen LogP contribution in [0.3, 0.4) is 0 Å². The quantitative estimate of drug-likeness (QED) is 0.684. The van der Waals surface area contributed by atoms with Crippen LogP contribution in [0.4, 0.5) is 5.13 Å². The molecule has 2 atom stereocenters. The highest BCUT2D eigenvalue weighted by molar-refractivity contribution is 7.21. The summed E-state index contributed by atoms with van der Waals surface area (Å²) in [6.45, 7) is 9.38. The fourth-order valence-electron chi connectivity index (χ4n) is 4.17. The van der Waals surface area contributed by atoms with E-state index in [1.807, 2.05) is 5.38 Å². The first-order valence-corrected chi connectivity index (χ1v) is 11.4. The van der Waals surface area contributed by atoms with E-state index in [1.165, 1.54) is 40.0 Å². The maximum Gasteiger partial charge on any atom is 0.267 e. The average Bonchev–Trinajstić information content (AvgIpc) is 3.21. The predicted molar refractivity (Wildman–Crippen MR) is 118 cm³/mol. The van der Waals surface area contributed by atoms with Crippen molar-refractivity contribution in [2.45, 2.75) is 33.7 Å². The molecule has 0 spiro atoms. The largest absolute Gasteiger partial charge is 0.302 e. The molecule has 1 amide bonds. The fraction of sp³-hybridized carbons (Fsp3) is 0.500. The highest BCUT2D eigenvalue weighted by Crippen LogP contribution is 2.28. The molecule has 1 fully saturated rings. The first kappa shape index (κ1) is 20.2. The van der Waals surface area contributed by atoms with Gasteiger partial charge in [-0.15, -0.1) is 22.7 Å². The molecule has 4 rings (SSSR count). The van der Waals surface area contributed by atoms with Crippen molar-refractivity contribution in [3.05, 3.63) is 38.2 Å². The minimum absolute atomic E-state index is 0.135. The number of likely N-dealkylation sites (tertiary alicyclic amines) is 1. The molecule has 154 valence electrons. The molecule has 4 heterocycles. The summed E-state index contributed by atoms with van der Waals surface area (Å²) in [6.07, 6.45) is 2.76. The Hall–Kier alpha value is -2.10. The lowest BCUT2D eigenvalue weighted by atomic mass is 9.92. The van der Waals surface area contributed by atoms with Crippen LogP contribution in [0.5, 0.6) is 0 Å². The highest BCUT2D eigenvalue weighted by atomic mass is 32.1. The van der Waals surface area contributed by atoms with Crippen molar-refractivity contribution in [2.24, 2.45) is 18.9 Å². The SMILES string of the molecule is Cc1c(C(=O)Nc2nc(CN3C[C@H](C)C[C@H](C)C3)cs2)sc2ncn(C)c(=O)c12. The molecule has 1 saturated heterocycles. The molecule has 0 radical (unpaired) electrons. The van der Waals surface area contributed by atoms with E-state index in [1.54, 1.807) is 14.0 Å². The van der Waals surface area contributed by atoms with Crippen molar-refractivity contribution in [3.63, 3.8) is 0 Å². The van der Waals surface area contributed by atoms with Crippen LogP contribution in [0.15, 0.2) is 16.5 Å². The van der Waals surface area contributed by atoms with E-state index in [0.29, 0.717) is 37.6 Å². The molecule has 1 aliphatic heterocycles. The highest BCUT2D eigenvalue weighted by Gasteiger charge is 2.23. The second-order valence-electron chi connectivity index (χ2n) is 8.14. The monoisotopic (exact) mass is 431 g/mol. The molecule has 3 aromatic heterocycles. The Bertz CT molecular complexity index is 1110. The van der Waals surface area contributed by atoms with Gasteiger partial charge in [-0.2, -0.15) is 0 Å². The molecule has 1 aliphatic rings. The smallest absolute Gasteiger partial charge is 0.267 e. The maximum absolute atomic E-state index is 12.8. The van der Waals surface area contributed by atoms with Crippen LogP contribution in [0.25, 0.3) is 10.2 Å². The number of piperidine rings is 1. The van der Waals surface area contributed by atoms with Gasteiger partial charge in [0.05, 0.1) is 22.3 Å². The Morgan fingerprint density at radius 2 is 2.03 bits per heavy atom. The fourth-order valence-corrected chi connectivity index (χ4v) is 5.90. The molecule has 1 N–H and O–H groups in total. The summed E-state index contributed by atoms with van der Waals surface area (Å²) in [6, 6.07) is 0. The molecule has 0 saturated carbocycles. The van der Waals surface area contributed by atoms with Crippen LogP contribution in [0.1, 0.15) is 41.2 Å². The summed E-state index contributed by atoms with van der Waals surface area (Å²) < 4.78 is 1.43. The number of thiophene rings is 1. The number of thiazole rings is 1. The summed E-state index contributed by atoms with van der Waals surface area (Å²) in [5.74, 6) is 1.16. The third kappa shape index (κ3) is 4.12. The molecule has 29 heavy (non-hydrogen) atoms. The van der Waals surface area contributed by atoms with Crippen molar-refractivity contribution in [3.8, 4) is 0 Å². The van der Waals surface area contributed by atoms with Gasteiger partial charge in [-0.1, -0.05) is 13.8 Å². The van der Waals surface area contributed by atoms with Gasteiger partial charge in [-0.05, 0) is 30.7 Å². The van der Waals surface area contributed by atoms with Crippen molar-refractivity contribution in [1.29, 1.82) is 0 Å². The van der Waals surface area contributed by atoms with Crippen LogP contribution in [-0.2, 0) is 13.6 Å². The molecular weight excluding hydrogens is 406 g/mol. The second-order valence-corrected chi connectivity index (χ2v) is 9.99. The van der Waals surface area contributed by atoms with Gasteiger partial charge in [0.2, 0.25) is 0 Å². The Morgan fingerprint density at radius 1 is 1.31 bits per heavy atom. The summed E-state index contributed by atoms with van der Waals surface area (Å²) in [5, 5.41) is 6.00. The third-order valence-electron chi connectivity index (χ3n) is 5.32. The van der Waals surface area contributed by atoms with Crippen LogP contribution in [0.2, 0.25) is 0 Å². The Labute approximate surface area is 177 Å². The Kier molecular flexibility index (Phi) is 5.54. The maximum atomic E-state index is 12.8. The number of hydrogen-bond acceptors (Lipinski definition) is 7. The number of rotatable bonds is 4. The lowest BCUT2D eigenvalue weighted by Crippen LogP contribution is -2.38. The molecule has 0 aliphatic carbocycles.